The van der Waals surface area contributed by atoms with Gasteiger partial charge in [0.1, 0.15) is 0 Å². The van der Waals surface area contributed by atoms with Gasteiger partial charge in [0.2, 0.25) is 0 Å². The van der Waals surface area contributed by atoms with E-state index in [2.05, 4.69) is 33.8 Å². The van der Waals surface area contributed by atoms with Gasteiger partial charge in [0.05, 0.1) is 0 Å². The summed E-state index contributed by atoms with van der Waals surface area (Å²) >= 11 is 0. The Labute approximate surface area is 94.9 Å². The number of anilines is 1. The zero-order valence-corrected chi connectivity index (χ0v) is 9.11. The van der Waals surface area contributed by atoms with E-state index >= 15 is 0 Å². The van der Waals surface area contributed by atoms with Crippen molar-refractivity contribution in [3.05, 3.63) is 36.7 Å². The minimum atomic E-state index is 0.569. The lowest BCUT2D eigenvalue weighted by molar-refractivity contribution is 0.793. The molecule has 0 unspecified atom stereocenters. The van der Waals surface area contributed by atoms with E-state index in [1.165, 1.54) is 22.9 Å². The SMILES string of the molecule is c1cc2cc(N[C@H]3CCNC3)ccc2cn1. The maximum Gasteiger partial charge on any atom is 0.0398 e. The van der Waals surface area contributed by atoms with E-state index in [-0.39, 0.29) is 0 Å². The number of fused-ring (bicyclic) bond motifs is 1. The summed E-state index contributed by atoms with van der Waals surface area (Å²) in [5.74, 6) is 0. The summed E-state index contributed by atoms with van der Waals surface area (Å²) in [5.41, 5.74) is 1.20. The third-order valence-corrected chi connectivity index (χ3v) is 3.07. The van der Waals surface area contributed by atoms with Crippen molar-refractivity contribution in [3.63, 3.8) is 0 Å². The molecule has 0 saturated carbocycles. The molecule has 1 atom stereocenters. The average molecular weight is 213 g/mol. The largest absolute Gasteiger partial charge is 0.381 e. The van der Waals surface area contributed by atoms with Gasteiger partial charge in [-0.25, -0.2) is 0 Å². The number of aromatic nitrogens is 1. The Hall–Kier alpha value is -1.61. The van der Waals surface area contributed by atoms with Crippen LogP contribution in [0.25, 0.3) is 10.8 Å². The first-order valence-electron chi connectivity index (χ1n) is 5.73. The summed E-state index contributed by atoms with van der Waals surface area (Å²) in [5, 5.41) is 9.34. The summed E-state index contributed by atoms with van der Waals surface area (Å²) < 4.78 is 0. The molecule has 1 saturated heterocycles. The molecule has 3 nitrogen and oxygen atoms in total. The van der Waals surface area contributed by atoms with E-state index in [4.69, 9.17) is 0 Å². The summed E-state index contributed by atoms with van der Waals surface area (Å²) in [7, 11) is 0. The molecule has 0 bridgehead atoms. The van der Waals surface area contributed by atoms with E-state index in [1.807, 2.05) is 18.5 Å². The first kappa shape index (κ1) is 9.60. The van der Waals surface area contributed by atoms with Crippen LogP contribution < -0.4 is 10.6 Å². The molecule has 0 amide bonds. The Morgan fingerprint density at radius 1 is 1.25 bits per heavy atom. The fraction of sp³-hybridized carbons (Fsp3) is 0.308. The molecule has 0 radical (unpaired) electrons. The van der Waals surface area contributed by atoms with Gasteiger partial charge in [-0.2, -0.15) is 0 Å². The summed E-state index contributed by atoms with van der Waals surface area (Å²) in [6.07, 6.45) is 4.94. The molecular formula is C13H15N3. The highest BCUT2D eigenvalue weighted by Crippen LogP contribution is 2.19. The number of rotatable bonds is 2. The number of nitrogens with one attached hydrogen (secondary N) is 2. The van der Waals surface area contributed by atoms with Crippen LogP contribution in [0.15, 0.2) is 36.7 Å². The number of nitrogens with zero attached hydrogens (tertiary/aromatic N) is 1. The number of hydrogen-bond donors (Lipinski definition) is 2. The van der Waals surface area contributed by atoms with E-state index in [1.54, 1.807) is 0 Å². The Kier molecular flexibility index (Phi) is 2.46. The molecule has 82 valence electrons. The zero-order valence-electron chi connectivity index (χ0n) is 9.11. The number of hydrogen-bond acceptors (Lipinski definition) is 3. The van der Waals surface area contributed by atoms with Crippen LogP contribution in [0.4, 0.5) is 5.69 Å². The average Bonchev–Trinajstić information content (AvgIpc) is 2.82. The van der Waals surface area contributed by atoms with Crippen molar-refractivity contribution >= 4 is 16.5 Å². The van der Waals surface area contributed by atoms with Gasteiger partial charge in [0.25, 0.3) is 0 Å². The van der Waals surface area contributed by atoms with Crippen LogP contribution in [0.2, 0.25) is 0 Å². The standard InChI is InChI=1S/C13H15N3/c1-2-12(16-13-4-6-15-9-13)7-10-3-5-14-8-11(1)10/h1-3,5,7-8,13,15-16H,4,6,9H2/t13-/m0/s1. The molecular weight excluding hydrogens is 198 g/mol. The van der Waals surface area contributed by atoms with Crippen molar-refractivity contribution in [2.45, 2.75) is 12.5 Å². The molecule has 2 aromatic rings. The van der Waals surface area contributed by atoms with Crippen LogP contribution in [-0.2, 0) is 0 Å². The van der Waals surface area contributed by atoms with Crippen molar-refractivity contribution in [1.29, 1.82) is 0 Å². The second-order valence-corrected chi connectivity index (χ2v) is 4.27. The molecule has 16 heavy (non-hydrogen) atoms. The van der Waals surface area contributed by atoms with Gasteiger partial charge in [-0.15, -0.1) is 0 Å². The summed E-state index contributed by atoms with van der Waals surface area (Å²) in [6, 6.07) is 9.05. The molecule has 1 aliphatic rings. The molecule has 0 aliphatic carbocycles. The van der Waals surface area contributed by atoms with Crippen molar-refractivity contribution in [1.82, 2.24) is 10.3 Å². The minimum absolute atomic E-state index is 0.569. The van der Waals surface area contributed by atoms with Crippen LogP contribution in [0.3, 0.4) is 0 Å². The quantitative estimate of drug-likeness (QED) is 0.801. The van der Waals surface area contributed by atoms with Crippen LogP contribution in [0, 0.1) is 0 Å². The lowest BCUT2D eigenvalue weighted by Gasteiger charge is -2.13. The molecule has 1 aromatic carbocycles. The normalized spacial score (nSPS) is 20.1. The molecule has 1 aliphatic heterocycles. The lowest BCUT2D eigenvalue weighted by Crippen LogP contribution is -2.21. The lowest BCUT2D eigenvalue weighted by atomic mass is 10.1. The molecule has 3 heteroatoms. The van der Waals surface area contributed by atoms with Gasteiger partial charge in [-0.3, -0.25) is 4.98 Å². The fourth-order valence-electron chi connectivity index (χ4n) is 2.19. The third kappa shape index (κ3) is 1.86. The van der Waals surface area contributed by atoms with Crippen molar-refractivity contribution in [2.75, 3.05) is 18.4 Å². The van der Waals surface area contributed by atoms with Crippen molar-refractivity contribution in [3.8, 4) is 0 Å². The molecule has 3 rings (SSSR count). The van der Waals surface area contributed by atoms with Gasteiger partial charge in [-0.05, 0) is 36.6 Å². The second kappa shape index (κ2) is 4.10. The van der Waals surface area contributed by atoms with Crippen LogP contribution in [0.5, 0.6) is 0 Å². The van der Waals surface area contributed by atoms with Gasteiger partial charge < -0.3 is 10.6 Å². The molecule has 1 fully saturated rings. The third-order valence-electron chi connectivity index (χ3n) is 3.07. The monoisotopic (exact) mass is 213 g/mol. The van der Waals surface area contributed by atoms with Gasteiger partial charge in [0.15, 0.2) is 0 Å². The predicted octanol–water partition coefficient (Wildman–Crippen LogP) is 2.01. The minimum Gasteiger partial charge on any atom is -0.381 e. The van der Waals surface area contributed by atoms with Gasteiger partial charge >= 0.3 is 0 Å². The van der Waals surface area contributed by atoms with Crippen LogP contribution in [0.1, 0.15) is 6.42 Å². The topological polar surface area (TPSA) is 37.0 Å². The summed E-state index contributed by atoms with van der Waals surface area (Å²) in [4.78, 5) is 4.12. The highest BCUT2D eigenvalue weighted by molar-refractivity contribution is 5.84. The Morgan fingerprint density at radius 2 is 2.25 bits per heavy atom. The maximum absolute atomic E-state index is 4.12. The second-order valence-electron chi connectivity index (χ2n) is 4.27. The van der Waals surface area contributed by atoms with Crippen LogP contribution >= 0.6 is 0 Å². The highest BCUT2D eigenvalue weighted by atomic mass is 15.0. The van der Waals surface area contributed by atoms with Crippen molar-refractivity contribution < 1.29 is 0 Å². The smallest absolute Gasteiger partial charge is 0.0398 e. The molecule has 1 aromatic heterocycles. The van der Waals surface area contributed by atoms with Crippen LogP contribution in [-0.4, -0.2) is 24.1 Å². The van der Waals surface area contributed by atoms with Gasteiger partial charge in [-0.1, -0.05) is 6.07 Å². The van der Waals surface area contributed by atoms with E-state index in [9.17, 15) is 0 Å². The molecule has 2 heterocycles. The fourth-order valence-corrected chi connectivity index (χ4v) is 2.19. The Bertz CT molecular complexity index is 489. The Balaban J connectivity index is 1.86. The van der Waals surface area contributed by atoms with Gasteiger partial charge in [0, 0.05) is 36.1 Å². The number of pyridine rings is 1. The van der Waals surface area contributed by atoms with E-state index in [0.29, 0.717) is 6.04 Å². The molecule has 0 spiro atoms. The molecule has 2 N–H and O–H groups in total. The Morgan fingerprint density at radius 3 is 3.12 bits per heavy atom. The summed E-state index contributed by atoms with van der Waals surface area (Å²) in [6.45, 7) is 2.18. The van der Waals surface area contributed by atoms with E-state index in [0.717, 1.165) is 13.1 Å². The van der Waals surface area contributed by atoms with Crippen molar-refractivity contribution in [2.24, 2.45) is 0 Å². The number of benzene rings is 1. The maximum atomic E-state index is 4.12. The zero-order chi connectivity index (χ0) is 10.8. The van der Waals surface area contributed by atoms with E-state index < -0.39 is 0 Å². The highest BCUT2D eigenvalue weighted by Gasteiger charge is 2.13. The first-order valence-corrected chi connectivity index (χ1v) is 5.73. The first-order chi connectivity index (χ1) is 7.92. The predicted molar refractivity (Wildman–Crippen MR) is 66.6 cm³/mol.